The average molecular weight is 288 g/mol. The predicted molar refractivity (Wildman–Crippen MR) is 88.7 cm³/mol. The van der Waals surface area contributed by atoms with Crippen molar-refractivity contribution < 1.29 is 4.79 Å². The van der Waals surface area contributed by atoms with E-state index in [0.29, 0.717) is 0 Å². The molecular weight excluding hydrogens is 260 g/mol. The minimum atomic E-state index is 0.0579. The lowest BCUT2D eigenvalue weighted by atomic mass is 10.1. The molecule has 0 aliphatic carbocycles. The van der Waals surface area contributed by atoms with Crippen LogP contribution >= 0.6 is 0 Å². The summed E-state index contributed by atoms with van der Waals surface area (Å²) in [5.41, 5.74) is 3.32. The van der Waals surface area contributed by atoms with Gasteiger partial charge in [-0.15, -0.1) is 0 Å². The number of aryl methyl sites for hydroxylation is 2. The number of nitrogens with one attached hydrogen (secondary N) is 1. The van der Waals surface area contributed by atoms with Gasteiger partial charge in [-0.25, -0.2) is 0 Å². The molecule has 1 unspecified atom stereocenters. The van der Waals surface area contributed by atoms with Crippen molar-refractivity contribution in [3.63, 3.8) is 0 Å². The van der Waals surface area contributed by atoms with E-state index >= 15 is 0 Å². The van der Waals surface area contributed by atoms with Crippen molar-refractivity contribution in [1.29, 1.82) is 0 Å². The highest BCUT2D eigenvalue weighted by atomic mass is 16.2. The molecule has 1 saturated heterocycles. The number of benzene rings is 1. The number of rotatable bonds is 6. The Hall–Kier alpha value is -1.35. The van der Waals surface area contributed by atoms with E-state index in [9.17, 15) is 4.79 Å². The summed E-state index contributed by atoms with van der Waals surface area (Å²) in [4.78, 5) is 14.9. The molecule has 0 aromatic heterocycles. The molecule has 1 aromatic rings. The fourth-order valence-electron chi connectivity index (χ4n) is 3.13. The fourth-order valence-corrected chi connectivity index (χ4v) is 3.13. The number of carbonyl (C=O) groups is 1. The van der Waals surface area contributed by atoms with Crippen LogP contribution in [0.15, 0.2) is 18.2 Å². The van der Waals surface area contributed by atoms with Gasteiger partial charge >= 0.3 is 0 Å². The third kappa shape index (κ3) is 4.31. The maximum atomic E-state index is 12.5. The maximum Gasteiger partial charge on any atom is 0.241 e. The van der Waals surface area contributed by atoms with Gasteiger partial charge in [0.25, 0.3) is 0 Å². The standard InChI is InChI=1S/C18H28N2O/c1-4-5-6-11-20-12-7-8-17(20)18(21)19-16-10-9-14(2)13-15(16)3/h9-10,13,17H,4-8,11-12H2,1-3H3,(H,19,21). The van der Waals surface area contributed by atoms with Gasteiger partial charge in [-0.2, -0.15) is 0 Å². The molecule has 1 amide bonds. The minimum Gasteiger partial charge on any atom is -0.324 e. The van der Waals surface area contributed by atoms with Gasteiger partial charge in [0.05, 0.1) is 6.04 Å². The first-order chi connectivity index (χ1) is 10.1. The monoisotopic (exact) mass is 288 g/mol. The van der Waals surface area contributed by atoms with E-state index in [1.165, 1.54) is 24.8 Å². The average Bonchev–Trinajstić information content (AvgIpc) is 2.91. The first-order valence-electron chi connectivity index (χ1n) is 8.24. The number of amides is 1. The number of unbranched alkanes of at least 4 members (excludes halogenated alkanes) is 2. The Morgan fingerprint density at radius 3 is 2.86 bits per heavy atom. The molecule has 0 radical (unpaired) electrons. The van der Waals surface area contributed by atoms with Crippen molar-refractivity contribution in [2.45, 2.75) is 58.9 Å². The van der Waals surface area contributed by atoms with Crippen LogP contribution in [0.4, 0.5) is 5.69 Å². The molecule has 1 aromatic carbocycles. The zero-order valence-electron chi connectivity index (χ0n) is 13.6. The summed E-state index contributed by atoms with van der Waals surface area (Å²) in [7, 11) is 0. The van der Waals surface area contributed by atoms with E-state index in [4.69, 9.17) is 0 Å². The highest BCUT2D eigenvalue weighted by Gasteiger charge is 2.30. The van der Waals surface area contributed by atoms with Gasteiger partial charge in [-0.05, 0) is 57.8 Å². The topological polar surface area (TPSA) is 32.3 Å². The van der Waals surface area contributed by atoms with Crippen LogP contribution in [0.1, 0.15) is 50.2 Å². The lowest BCUT2D eigenvalue weighted by molar-refractivity contribution is -0.120. The summed E-state index contributed by atoms with van der Waals surface area (Å²) in [6, 6.07) is 6.24. The van der Waals surface area contributed by atoms with E-state index in [-0.39, 0.29) is 11.9 Å². The maximum absolute atomic E-state index is 12.5. The third-order valence-corrected chi connectivity index (χ3v) is 4.35. The molecule has 1 aliphatic heterocycles. The normalized spacial score (nSPS) is 18.9. The van der Waals surface area contributed by atoms with E-state index in [1.54, 1.807) is 0 Å². The summed E-state index contributed by atoms with van der Waals surface area (Å²) < 4.78 is 0. The van der Waals surface area contributed by atoms with Gasteiger partial charge in [0.15, 0.2) is 0 Å². The van der Waals surface area contributed by atoms with Crippen LogP contribution in [0.25, 0.3) is 0 Å². The van der Waals surface area contributed by atoms with Crippen LogP contribution in [0, 0.1) is 13.8 Å². The third-order valence-electron chi connectivity index (χ3n) is 4.35. The van der Waals surface area contributed by atoms with Crippen LogP contribution < -0.4 is 5.32 Å². The Balaban J connectivity index is 1.95. The van der Waals surface area contributed by atoms with Gasteiger partial charge in [0, 0.05) is 5.69 Å². The molecule has 0 bridgehead atoms. The molecule has 3 heteroatoms. The zero-order valence-corrected chi connectivity index (χ0v) is 13.6. The highest BCUT2D eigenvalue weighted by Crippen LogP contribution is 2.22. The van der Waals surface area contributed by atoms with Crippen molar-refractivity contribution >= 4 is 11.6 Å². The second kappa shape index (κ2) is 7.60. The van der Waals surface area contributed by atoms with Crippen LogP contribution in [-0.4, -0.2) is 29.9 Å². The first-order valence-corrected chi connectivity index (χ1v) is 8.24. The quantitative estimate of drug-likeness (QED) is 0.805. The highest BCUT2D eigenvalue weighted by molar-refractivity contribution is 5.95. The number of hydrogen-bond donors (Lipinski definition) is 1. The number of nitrogens with zero attached hydrogens (tertiary/aromatic N) is 1. The van der Waals surface area contributed by atoms with E-state index in [1.807, 2.05) is 6.07 Å². The molecule has 116 valence electrons. The molecule has 2 rings (SSSR count). The zero-order chi connectivity index (χ0) is 15.2. The minimum absolute atomic E-state index is 0.0579. The van der Waals surface area contributed by atoms with Crippen LogP contribution in [0.2, 0.25) is 0 Å². The lowest BCUT2D eigenvalue weighted by Gasteiger charge is -2.24. The van der Waals surface area contributed by atoms with E-state index in [2.05, 4.69) is 43.1 Å². The Morgan fingerprint density at radius 1 is 1.33 bits per heavy atom. The van der Waals surface area contributed by atoms with Crippen LogP contribution in [-0.2, 0) is 4.79 Å². The Labute approximate surface area is 128 Å². The molecular formula is C18H28N2O. The second-order valence-electron chi connectivity index (χ2n) is 6.21. The van der Waals surface area contributed by atoms with Crippen molar-refractivity contribution in [3.05, 3.63) is 29.3 Å². The summed E-state index contributed by atoms with van der Waals surface area (Å²) in [5, 5.41) is 3.12. The second-order valence-corrected chi connectivity index (χ2v) is 6.21. The van der Waals surface area contributed by atoms with E-state index in [0.717, 1.165) is 37.2 Å². The molecule has 1 fully saturated rings. The fraction of sp³-hybridized carbons (Fsp3) is 0.611. The summed E-state index contributed by atoms with van der Waals surface area (Å²) in [5.74, 6) is 0.163. The van der Waals surface area contributed by atoms with Crippen LogP contribution in [0.5, 0.6) is 0 Å². The molecule has 1 atom stereocenters. The van der Waals surface area contributed by atoms with Gasteiger partial charge in [-0.1, -0.05) is 37.5 Å². The largest absolute Gasteiger partial charge is 0.324 e. The van der Waals surface area contributed by atoms with Gasteiger partial charge in [-0.3, -0.25) is 9.69 Å². The van der Waals surface area contributed by atoms with Crippen LogP contribution in [0.3, 0.4) is 0 Å². The Kier molecular flexibility index (Phi) is 5.80. The summed E-state index contributed by atoms with van der Waals surface area (Å²) in [6.07, 6.45) is 5.80. The molecule has 0 saturated carbocycles. The molecule has 0 spiro atoms. The molecule has 1 aliphatic rings. The summed E-state index contributed by atoms with van der Waals surface area (Å²) >= 11 is 0. The van der Waals surface area contributed by atoms with Crippen molar-refractivity contribution in [1.82, 2.24) is 4.90 Å². The number of anilines is 1. The predicted octanol–water partition coefficient (Wildman–Crippen LogP) is 3.90. The van der Waals surface area contributed by atoms with Gasteiger partial charge in [0.2, 0.25) is 5.91 Å². The van der Waals surface area contributed by atoms with E-state index < -0.39 is 0 Å². The first kappa shape index (κ1) is 16.0. The molecule has 3 nitrogen and oxygen atoms in total. The van der Waals surface area contributed by atoms with Gasteiger partial charge < -0.3 is 5.32 Å². The summed E-state index contributed by atoms with van der Waals surface area (Å²) in [6.45, 7) is 8.46. The Bertz CT molecular complexity index is 484. The van der Waals surface area contributed by atoms with Crippen molar-refractivity contribution in [3.8, 4) is 0 Å². The SMILES string of the molecule is CCCCCN1CCCC1C(=O)Nc1ccc(C)cc1C. The number of likely N-dealkylation sites (tertiary alicyclic amines) is 1. The molecule has 21 heavy (non-hydrogen) atoms. The number of carbonyl (C=O) groups excluding carboxylic acids is 1. The Morgan fingerprint density at radius 2 is 2.14 bits per heavy atom. The molecule has 1 heterocycles. The number of hydrogen-bond acceptors (Lipinski definition) is 2. The van der Waals surface area contributed by atoms with Crippen molar-refractivity contribution in [2.75, 3.05) is 18.4 Å². The van der Waals surface area contributed by atoms with Gasteiger partial charge in [0.1, 0.15) is 0 Å². The molecule has 1 N–H and O–H groups in total. The smallest absolute Gasteiger partial charge is 0.241 e. The lowest BCUT2D eigenvalue weighted by Crippen LogP contribution is -2.40. The van der Waals surface area contributed by atoms with Crippen molar-refractivity contribution in [2.24, 2.45) is 0 Å².